The van der Waals surface area contributed by atoms with Gasteiger partial charge in [0.25, 0.3) is 0 Å². The van der Waals surface area contributed by atoms with Crippen LogP contribution in [-0.4, -0.2) is 74.7 Å². The number of carbonyl (C=O) groups excluding carboxylic acids is 2. The lowest BCUT2D eigenvalue weighted by molar-refractivity contribution is -0.161. The number of hydrogen-bond donors (Lipinski definition) is 5. The highest BCUT2D eigenvalue weighted by atomic mass is 31.2. The summed E-state index contributed by atoms with van der Waals surface area (Å²) in [6, 6.07) is 0. The Morgan fingerprint density at radius 3 is 2.10 bits per heavy atom. The summed E-state index contributed by atoms with van der Waals surface area (Å²) in [6.45, 7) is 5.62. The molecular weight excluding hydrogens is 651 g/mol. The first-order valence-corrected chi connectivity index (χ1v) is 20.3. The highest BCUT2D eigenvalue weighted by Gasteiger charge is 2.39. The van der Waals surface area contributed by atoms with E-state index in [-0.39, 0.29) is 31.3 Å². The van der Waals surface area contributed by atoms with E-state index in [0.29, 0.717) is 38.5 Å². The molecule has 0 aromatic rings. The number of carbonyl (C=O) groups is 2. The topological polar surface area (TPSA) is 180 Å². The SMILES string of the molecule is CCCCC[C@H](O)/C=C/[C@@H]1[C@@H](C/C=C/CCCC(=O)OC[C@H](COP(=O)(O)O)OC(=O)CCCCCCCCCCC(C)C)[C@@H](O)C[C@H]1O. The van der Waals surface area contributed by atoms with Gasteiger partial charge in [-0.05, 0) is 43.9 Å². The summed E-state index contributed by atoms with van der Waals surface area (Å²) in [5, 5.41) is 31.1. The Morgan fingerprint density at radius 2 is 1.45 bits per heavy atom. The number of allylic oxidation sites excluding steroid dienone is 2. The monoisotopic (exact) mass is 718 g/mol. The van der Waals surface area contributed by atoms with Crippen LogP contribution in [0.1, 0.15) is 143 Å². The van der Waals surface area contributed by atoms with Crippen molar-refractivity contribution in [3.05, 3.63) is 24.3 Å². The van der Waals surface area contributed by atoms with Crippen LogP contribution in [0.4, 0.5) is 0 Å². The number of rotatable bonds is 29. The van der Waals surface area contributed by atoms with Crippen molar-refractivity contribution in [2.24, 2.45) is 17.8 Å². The molecule has 0 heterocycles. The van der Waals surface area contributed by atoms with Gasteiger partial charge >= 0.3 is 19.8 Å². The molecular formula is C37H67O11P. The van der Waals surface area contributed by atoms with Gasteiger partial charge in [-0.1, -0.05) is 116 Å². The van der Waals surface area contributed by atoms with Crippen LogP contribution in [0.2, 0.25) is 0 Å². The summed E-state index contributed by atoms with van der Waals surface area (Å²) in [7, 11) is -4.81. The van der Waals surface area contributed by atoms with Gasteiger partial charge in [-0.25, -0.2) is 4.57 Å². The van der Waals surface area contributed by atoms with Gasteiger partial charge < -0.3 is 34.6 Å². The van der Waals surface area contributed by atoms with E-state index in [1.807, 2.05) is 18.2 Å². The molecule has 0 aromatic carbocycles. The minimum atomic E-state index is -4.81. The lowest BCUT2D eigenvalue weighted by Gasteiger charge is -2.19. The molecule has 12 heteroatoms. The first-order chi connectivity index (χ1) is 23.3. The normalized spacial score (nSPS) is 21.2. The van der Waals surface area contributed by atoms with Crippen molar-refractivity contribution < 1.29 is 53.3 Å². The Hall–Kier alpha value is -1.59. The number of esters is 2. The van der Waals surface area contributed by atoms with Crippen LogP contribution in [-0.2, 0) is 28.2 Å². The van der Waals surface area contributed by atoms with Crippen LogP contribution in [0, 0.1) is 17.8 Å². The minimum Gasteiger partial charge on any atom is -0.462 e. The molecule has 1 aliphatic carbocycles. The molecule has 11 nitrogen and oxygen atoms in total. The zero-order valence-electron chi connectivity index (χ0n) is 30.3. The molecule has 0 unspecified atom stereocenters. The van der Waals surface area contributed by atoms with Gasteiger partial charge in [-0.3, -0.25) is 14.1 Å². The van der Waals surface area contributed by atoms with Crippen molar-refractivity contribution in [2.45, 2.75) is 167 Å². The van der Waals surface area contributed by atoms with Crippen molar-refractivity contribution >= 4 is 19.8 Å². The van der Waals surface area contributed by atoms with Crippen LogP contribution in [0.5, 0.6) is 0 Å². The van der Waals surface area contributed by atoms with E-state index in [9.17, 15) is 29.5 Å². The Morgan fingerprint density at radius 1 is 0.816 bits per heavy atom. The molecule has 0 aliphatic heterocycles. The molecule has 1 rings (SSSR count). The lowest BCUT2D eigenvalue weighted by atomic mass is 9.89. The van der Waals surface area contributed by atoms with Crippen molar-refractivity contribution in [1.29, 1.82) is 0 Å². The van der Waals surface area contributed by atoms with Crippen LogP contribution < -0.4 is 0 Å². The molecule has 0 aromatic heterocycles. The molecule has 0 spiro atoms. The third-order valence-corrected chi connectivity index (χ3v) is 9.46. The Bertz CT molecular complexity index is 979. The number of ether oxygens (including phenoxy) is 2. The lowest BCUT2D eigenvalue weighted by Crippen LogP contribution is -2.29. The second-order valence-electron chi connectivity index (χ2n) is 14.0. The van der Waals surface area contributed by atoms with Crippen molar-refractivity contribution in [3.8, 4) is 0 Å². The average molecular weight is 719 g/mol. The Balaban J connectivity index is 2.37. The quantitative estimate of drug-likeness (QED) is 0.0231. The van der Waals surface area contributed by atoms with E-state index >= 15 is 0 Å². The maximum atomic E-state index is 12.4. The summed E-state index contributed by atoms with van der Waals surface area (Å²) in [6.07, 6.45) is 20.2. The van der Waals surface area contributed by atoms with Crippen LogP contribution >= 0.6 is 7.82 Å². The fourth-order valence-corrected chi connectivity index (χ4v) is 6.44. The van der Waals surface area contributed by atoms with Gasteiger partial charge in [0.05, 0.1) is 24.9 Å². The molecule has 6 atom stereocenters. The summed E-state index contributed by atoms with van der Waals surface area (Å²) in [5.74, 6) is -0.729. The molecule has 1 fully saturated rings. The molecule has 49 heavy (non-hydrogen) atoms. The molecule has 1 saturated carbocycles. The van der Waals surface area contributed by atoms with Crippen LogP contribution in [0.3, 0.4) is 0 Å². The summed E-state index contributed by atoms with van der Waals surface area (Å²) < 4.78 is 26.2. The third kappa shape index (κ3) is 24.3. The molecule has 0 radical (unpaired) electrons. The smallest absolute Gasteiger partial charge is 0.462 e. The number of phosphoric acid groups is 1. The fourth-order valence-electron chi connectivity index (χ4n) is 6.08. The van der Waals surface area contributed by atoms with E-state index < -0.39 is 50.8 Å². The highest BCUT2D eigenvalue weighted by molar-refractivity contribution is 7.46. The average Bonchev–Trinajstić information content (AvgIpc) is 3.30. The van der Waals surface area contributed by atoms with E-state index in [1.54, 1.807) is 6.08 Å². The molecule has 0 saturated heterocycles. The van der Waals surface area contributed by atoms with Crippen molar-refractivity contribution in [3.63, 3.8) is 0 Å². The maximum Gasteiger partial charge on any atom is 0.469 e. The summed E-state index contributed by atoms with van der Waals surface area (Å²) in [5.41, 5.74) is 0. The maximum absolute atomic E-state index is 12.4. The molecule has 1 aliphatic rings. The van der Waals surface area contributed by atoms with Crippen LogP contribution in [0.15, 0.2) is 24.3 Å². The van der Waals surface area contributed by atoms with Gasteiger partial charge in [0.1, 0.15) is 6.61 Å². The number of phosphoric ester groups is 1. The first kappa shape index (κ1) is 45.4. The highest BCUT2D eigenvalue weighted by Crippen LogP contribution is 2.37. The number of hydrogen-bond acceptors (Lipinski definition) is 9. The Labute approximate surface area is 295 Å². The molecule has 286 valence electrons. The number of aliphatic hydroxyl groups is 3. The molecule has 0 bridgehead atoms. The van der Waals surface area contributed by atoms with Crippen molar-refractivity contribution in [1.82, 2.24) is 0 Å². The number of aliphatic hydroxyl groups excluding tert-OH is 3. The van der Waals surface area contributed by atoms with Gasteiger partial charge in [-0.2, -0.15) is 0 Å². The van der Waals surface area contributed by atoms with Gasteiger partial charge in [0.2, 0.25) is 0 Å². The molecule has 0 amide bonds. The third-order valence-electron chi connectivity index (χ3n) is 8.97. The zero-order chi connectivity index (χ0) is 36.5. The number of unbranched alkanes of at least 4 members (excludes halogenated alkanes) is 10. The van der Waals surface area contributed by atoms with Gasteiger partial charge in [-0.15, -0.1) is 0 Å². The predicted octanol–water partition coefficient (Wildman–Crippen LogP) is 7.08. The summed E-state index contributed by atoms with van der Waals surface area (Å²) in [4.78, 5) is 42.8. The first-order valence-electron chi connectivity index (χ1n) is 18.7. The van der Waals surface area contributed by atoms with Crippen molar-refractivity contribution in [2.75, 3.05) is 13.2 Å². The predicted molar refractivity (Wildman–Crippen MR) is 190 cm³/mol. The van der Waals surface area contributed by atoms with Gasteiger partial charge in [0, 0.05) is 25.2 Å². The second-order valence-corrected chi connectivity index (χ2v) is 15.2. The standard InChI is InChI=1S/C37H67O11P/c1-4-5-14-20-30(38)24-25-33-32(34(39)26-35(33)40)21-16-12-13-17-22-36(41)46-27-31(28-47-49(43,44)45)48-37(42)23-18-11-9-7-6-8-10-15-19-29(2)3/h12,16,24-25,29-35,38-40H,4-11,13-15,17-23,26-28H2,1-3H3,(H2,43,44,45)/b16-12+,25-24+/t30-,31+,32+,33+,34-,35+/m0/s1. The van der Waals surface area contributed by atoms with E-state index in [4.69, 9.17) is 19.3 Å². The van der Waals surface area contributed by atoms with Gasteiger partial charge in [0.15, 0.2) is 6.10 Å². The largest absolute Gasteiger partial charge is 0.469 e. The second kappa shape index (κ2) is 27.1. The molecule has 5 N–H and O–H groups in total. The van der Waals surface area contributed by atoms with E-state index in [0.717, 1.165) is 44.4 Å². The van der Waals surface area contributed by atoms with Crippen LogP contribution in [0.25, 0.3) is 0 Å². The fraction of sp³-hybridized carbons (Fsp3) is 0.838. The minimum absolute atomic E-state index is 0.0914. The zero-order valence-corrected chi connectivity index (χ0v) is 31.2. The van der Waals surface area contributed by atoms with E-state index in [1.165, 1.54) is 32.1 Å². The summed E-state index contributed by atoms with van der Waals surface area (Å²) >= 11 is 0. The van der Waals surface area contributed by atoms with E-state index in [2.05, 4.69) is 25.3 Å². The Kier molecular flexibility index (Phi) is 25.1.